The van der Waals surface area contributed by atoms with E-state index in [9.17, 15) is 4.79 Å². The standard InChI is InChI=1S/C14H24N2O/c17-13(12-5-1-2-6-12)15-10-14-7-3-4-11(8-14)9-16-14/h11-12,16H,1-10H2,(H,15,17). The minimum atomic E-state index is 0.247. The minimum Gasteiger partial charge on any atom is -0.354 e. The van der Waals surface area contributed by atoms with Crippen LogP contribution in [0.25, 0.3) is 0 Å². The van der Waals surface area contributed by atoms with Gasteiger partial charge in [-0.15, -0.1) is 0 Å². The summed E-state index contributed by atoms with van der Waals surface area (Å²) in [6, 6.07) is 0. The number of nitrogens with one attached hydrogen (secondary N) is 2. The Kier molecular flexibility index (Phi) is 3.12. The van der Waals surface area contributed by atoms with Crippen LogP contribution in [0.5, 0.6) is 0 Å². The Bertz CT molecular complexity index is 295. The molecular formula is C14H24N2O. The van der Waals surface area contributed by atoms with Gasteiger partial charge in [-0.3, -0.25) is 4.79 Å². The molecule has 2 N–H and O–H groups in total. The molecule has 2 unspecified atom stereocenters. The summed E-state index contributed by atoms with van der Waals surface area (Å²) >= 11 is 0. The van der Waals surface area contributed by atoms with Gasteiger partial charge in [-0.1, -0.05) is 19.3 Å². The second-order valence-electron chi connectivity index (χ2n) is 6.32. The van der Waals surface area contributed by atoms with Gasteiger partial charge in [0.1, 0.15) is 0 Å². The van der Waals surface area contributed by atoms with Crippen molar-refractivity contribution in [1.82, 2.24) is 10.6 Å². The number of hydrogen-bond acceptors (Lipinski definition) is 2. The fourth-order valence-corrected chi connectivity index (χ4v) is 3.99. The van der Waals surface area contributed by atoms with Crippen molar-refractivity contribution in [2.75, 3.05) is 13.1 Å². The third kappa shape index (κ3) is 2.35. The van der Waals surface area contributed by atoms with Gasteiger partial charge in [-0.2, -0.15) is 0 Å². The van der Waals surface area contributed by atoms with Crippen LogP contribution in [0.2, 0.25) is 0 Å². The summed E-state index contributed by atoms with van der Waals surface area (Å²) in [7, 11) is 0. The zero-order valence-electron chi connectivity index (χ0n) is 10.6. The fraction of sp³-hybridized carbons (Fsp3) is 0.929. The molecule has 2 saturated carbocycles. The summed E-state index contributed by atoms with van der Waals surface area (Å²) in [6.07, 6.45) is 9.92. The highest BCUT2D eigenvalue weighted by molar-refractivity contribution is 5.78. The van der Waals surface area contributed by atoms with Gasteiger partial charge in [0.2, 0.25) is 5.91 Å². The number of carbonyl (C=O) groups is 1. The Morgan fingerprint density at radius 2 is 2.06 bits per heavy atom. The van der Waals surface area contributed by atoms with Gasteiger partial charge in [0.25, 0.3) is 0 Å². The number of amides is 1. The Balaban J connectivity index is 1.51. The van der Waals surface area contributed by atoms with Crippen LogP contribution in [0.4, 0.5) is 0 Å². The van der Waals surface area contributed by atoms with Gasteiger partial charge in [0, 0.05) is 18.0 Å². The molecule has 2 aliphatic carbocycles. The van der Waals surface area contributed by atoms with E-state index in [-0.39, 0.29) is 5.54 Å². The molecule has 3 rings (SSSR count). The topological polar surface area (TPSA) is 41.1 Å². The molecule has 0 aromatic heterocycles. The largest absolute Gasteiger partial charge is 0.354 e. The SMILES string of the molecule is O=C(NCC12CCCC(CN1)C2)C1CCCC1. The highest BCUT2D eigenvalue weighted by Gasteiger charge is 2.41. The third-order valence-corrected chi connectivity index (χ3v) is 5.04. The van der Waals surface area contributed by atoms with Crippen LogP contribution >= 0.6 is 0 Å². The highest BCUT2D eigenvalue weighted by atomic mass is 16.1. The van der Waals surface area contributed by atoms with E-state index in [2.05, 4.69) is 10.6 Å². The van der Waals surface area contributed by atoms with E-state index >= 15 is 0 Å². The summed E-state index contributed by atoms with van der Waals surface area (Å²) in [5.41, 5.74) is 0.247. The maximum Gasteiger partial charge on any atom is 0.223 e. The van der Waals surface area contributed by atoms with Crippen LogP contribution in [0, 0.1) is 11.8 Å². The number of carbonyl (C=O) groups excluding carboxylic acids is 1. The molecule has 2 atom stereocenters. The van der Waals surface area contributed by atoms with Crippen molar-refractivity contribution in [2.45, 2.75) is 56.9 Å². The van der Waals surface area contributed by atoms with Crippen LogP contribution in [-0.4, -0.2) is 24.5 Å². The molecule has 17 heavy (non-hydrogen) atoms. The van der Waals surface area contributed by atoms with E-state index in [4.69, 9.17) is 0 Å². The quantitative estimate of drug-likeness (QED) is 0.785. The van der Waals surface area contributed by atoms with Crippen LogP contribution < -0.4 is 10.6 Å². The lowest BCUT2D eigenvalue weighted by Crippen LogP contribution is -2.51. The molecule has 1 saturated heterocycles. The molecule has 96 valence electrons. The number of hydrogen-bond donors (Lipinski definition) is 2. The lowest BCUT2D eigenvalue weighted by atomic mass is 9.80. The van der Waals surface area contributed by atoms with E-state index in [1.807, 2.05) is 0 Å². The smallest absolute Gasteiger partial charge is 0.223 e. The van der Waals surface area contributed by atoms with E-state index in [0.29, 0.717) is 11.8 Å². The van der Waals surface area contributed by atoms with E-state index in [0.717, 1.165) is 25.3 Å². The van der Waals surface area contributed by atoms with E-state index in [1.54, 1.807) is 0 Å². The Morgan fingerprint density at radius 1 is 1.24 bits per heavy atom. The molecule has 0 aromatic carbocycles. The second kappa shape index (κ2) is 4.60. The first kappa shape index (κ1) is 11.5. The average Bonchev–Trinajstić information content (AvgIpc) is 2.96. The van der Waals surface area contributed by atoms with Crippen LogP contribution in [0.3, 0.4) is 0 Å². The van der Waals surface area contributed by atoms with Crippen molar-refractivity contribution in [1.29, 1.82) is 0 Å². The molecule has 1 heterocycles. The van der Waals surface area contributed by atoms with Crippen molar-refractivity contribution < 1.29 is 4.79 Å². The molecule has 3 aliphatic rings. The molecular weight excluding hydrogens is 212 g/mol. The molecule has 0 spiro atoms. The second-order valence-corrected chi connectivity index (χ2v) is 6.32. The van der Waals surface area contributed by atoms with Gasteiger partial charge in [0.15, 0.2) is 0 Å². The van der Waals surface area contributed by atoms with Crippen molar-refractivity contribution >= 4 is 5.91 Å². The normalized spacial score (nSPS) is 37.3. The van der Waals surface area contributed by atoms with E-state index < -0.39 is 0 Å². The van der Waals surface area contributed by atoms with Crippen molar-refractivity contribution in [3.05, 3.63) is 0 Å². The van der Waals surface area contributed by atoms with Gasteiger partial charge < -0.3 is 10.6 Å². The molecule has 1 aliphatic heterocycles. The highest BCUT2D eigenvalue weighted by Crippen LogP contribution is 2.37. The van der Waals surface area contributed by atoms with Gasteiger partial charge in [-0.05, 0) is 44.6 Å². The molecule has 0 radical (unpaired) electrons. The Hall–Kier alpha value is -0.570. The Labute approximate surface area is 104 Å². The van der Waals surface area contributed by atoms with Crippen molar-refractivity contribution in [3.8, 4) is 0 Å². The average molecular weight is 236 g/mol. The first-order valence-electron chi connectivity index (χ1n) is 7.30. The first-order valence-corrected chi connectivity index (χ1v) is 7.30. The predicted octanol–water partition coefficient (Wildman–Crippen LogP) is 1.82. The van der Waals surface area contributed by atoms with Gasteiger partial charge in [0.05, 0.1) is 0 Å². The predicted molar refractivity (Wildman–Crippen MR) is 67.7 cm³/mol. The van der Waals surface area contributed by atoms with Crippen LogP contribution in [-0.2, 0) is 4.79 Å². The van der Waals surface area contributed by atoms with Crippen molar-refractivity contribution in [2.24, 2.45) is 11.8 Å². The maximum atomic E-state index is 12.0. The zero-order valence-corrected chi connectivity index (χ0v) is 10.6. The van der Waals surface area contributed by atoms with Crippen molar-refractivity contribution in [3.63, 3.8) is 0 Å². The number of rotatable bonds is 3. The molecule has 3 nitrogen and oxygen atoms in total. The minimum absolute atomic E-state index is 0.247. The third-order valence-electron chi connectivity index (χ3n) is 5.04. The molecule has 3 fully saturated rings. The summed E-state index contributed by atoms with van der Waals surface area (Å²) in [6.45, 7) is 2.03. The number of fused-ring (bicyclic) bond motifs is 2. The molecule has 0 aromatic rings. The van der Waals surface area contributed by atoms with Gasteiger partial charge >= 0.3 is 0 Å². The maximum absolute atomic E-state index is 12.0. The molecule has 2 bridgehead atoms. The molecule has 1 amide bonds. The first-order chi connectivity index (χ1) is 8.27. The summed E-state index contributed by atoms with van der Waals surface area (Å²) < 4.78 is 0. The lowest BCUT2D eigenvalue weighted by molar-refractivity contribution is -0.125. The lowest BCUT2D eigenvalue weighted by Gasteiger charge is -2.33. The zero-order chi connectivity index (χ0) is 11.7. The monoisotopic (exact) mass is 236 g/mol. The molecule has 3 heteroatoms. The summed E-state index contributed by atoms with van der Waals surface area (Å²) in [4.78, 5) is 12.0. The Morgan fingerprint density at radius 3 is 2.88 bits per heavy atom. The van der Waals surface area contributed by atoms with Gasteiger partial charge in [-0.25, -0.2) is 0 Å². The van der Waals surface area contributed by atoms with E-state index in [1.165, 1.54) is 45.1 Å². The summed E-state index contributed by atoms with van der Waals surface area (Å²) in [5.74, 6) is 1.49. The van der Waals surface area contributed by atoms with Crippen LogP contribution in [0.1, 0.15) is 51.4 Å². The fourth-order valence-electron chi connectivity index (χ4n) is 3.99. The summed E-state index contributed by atoms with van der Waals surface area (Å²) in [5, 5.41) is 6.87. The van der Waals surface area contributed by atoms with Crippen LogP contribution in [0.15, 0.2) is 0 Å².